The fraction of sp³-hybridized carbons (Fsp3) is 0.484. The number of aromatic hydroxyl groups is 1. The predicted octanol–water partition coefficient (Wildman–Crippen LogP) is 4.46. The van der Waals surface area contributed by atoms with Crippen molar-refractivity contribution in [3.63, 3.8) is 0 Å². The van der Waals surface area contributed by atoms with Crippen molar-refractivity contribution in [2.75, 3.05) is 60.3 Å². The van der Waals surface area contributed by atoms with Gasteiger partial charge in [0.05, 0.1) is 17.5 Å². The number of phenolic OH excluding ortho intramolecular Hbond substituents is 1. The number of hydrogen-bond acceptors (Lipinski definition) is 9. The smallest absolute Gasteiger partial charge is 0.239 e. The van der Waals surface area contributed by atoms with Gasteiger partial charge in [-0.25, -0.2) is 8.42 Å². The van der Waals surface area contributed by atoms with E-state index in [0.29, 0.717) is 18.7 Å². The van der Waals surface area contributed by atoms with E-state index in [0.717, 1.165) is 41.5 Å². The van der Waals surface area contributed by atoms with Gasteiger partial charge in [-0.05, 0) is 49.7 Å². The molecule has 2 aromatic rings. The van der Waals surface area contributed by atoms with Gasteiger partial charge >= 0.3 is 0 Å². The van der Waals surface area contributed by atoms with Gasteiger partial charge < -0.3 is 25.5 Å². The number of sulfone groups is 1. The Hall–Kier alpha value is -2.83. The number of phenols is 1. The van der Waals surface area contributed by atoms with Crippen LogP contribution >= 0.6 is 21.6 Å². The van der Waals surface area contributed by atoms with Gasteiger partial charge in [0.25, 0.3) is 0 Å². The fourth-order valence-corrected chi connectivity index (χ4v) is 7.68. The molecule has 0 spiro atoms. The number of nitrogens with one attached hydrogen (secondary N) is 2. The normalized spacial score (nSPS) is 15.9. The number of amides is 2. The fourth-order valence-electron chi connectivity index (χ4n) is 5.22. The second-order valence-electron chi connectivity index (χ2n) is 11.0. The standard InChI is InChI=1S/C31H44N4O5S3/c1-7-34(8-2)24-11-9-23(28(37)19-24)10-14-29-31(4,5)26-20-25(43(6,39)40)12-13-27(26)35(29)21-30(38)33-16-18-42-41-17-15-32-22(3)36/h9-14,19-20,29,37H,7-8,15-18,21H2,1-6H3,(H,32,36)(H,33,38)/b14-10+. The van der Waals surface area contributed by atoms with Crippen molar-refractivity contribution in [3.8, 4) is 5.75 Å². The van der Waals surface area contributed by atoms with Crippen molar-refractivity contribution >= 4 is 60.7 Å². The number of benzene rings is 2. The van der Waals surface area contributed by atoms with Gasteiger partial charge in [-0.15, -0.1) is 0 Å². The van der Waals surface area contributed by atoms with Crippen LogP contribution in [0, 0.1) is 0 Å². The molecule has 1 atom stereocenters. The van der Waals surface area contributed by atoms with E-state index in [2.05, 4.69) is 29.4 Å². The minimum absolute atomic E-state index is 0.0461. The highest BCUT2D eigenvalue weighted by Gasteiger charge is 2.44. The van der Waals surface area contributed by atoms with Gasteiger partial charge in [0.1, 0.15) is 5.75 Å². The Morgan fingerprint density at radius 3 is 2.28 bits per heavy atom. The quantitative estimate of drug-likeness (QED) is 0.190. The van der Waals surface area contributed by atoms with E-state index >= 15 is 0 Å². The molecule has 1 heterocycles. The maximum Gasteiger partial charge on any atom is 0.239 e. The highest BCUT2D eigenvalue weighted by atomic mass is 33.1. The Bertz CT molecular complexity index is 1420. The van der Waals surface area contributed by atoms with E-state index in [1.54, 1.807) is 45.9 Å². The molecule has 1 aliphatic rings. The average Bonchev–Trinajstić information content (AvgIpc) is 3.14. The minimum atomic E-state index is -3.41. The molecule has 0 aliphatic carbocycles. The van der Waals surface area contributed by atoms with Gasteiger partial charge in [0.2, 0.25) is 11.8 Å². The highest BCUT2D eigenvalue weighted by Crippen LogP contribution is 2.46. The first kappa shape index (κ1) is 34.7. The first-order chi connectivity index (χ1) is 20.3. The summed E-state index contributed by atoms with van der Waals surface area (Å²) in [6.45, 7) is 12.6. The third-order valence-electron chi connectivity index (χ3n) is 7.54. The number of carbonyl (C=O) groups excluding carboxylic acids is 2. The maximum atomic E-state index is 13.1. The molecule has 1 aliphatic heterocycles. The van der Waals surface area contributed by atoms with Crippen LogP contribution in [0.2, 0.25) is 0 Å². The molecule has 2 aromatic carbocycles. The van der Waals surface area contributed by atoms with Crippen LogP contribution in [0.5, 0.6) is 5.75 Å². The summed E-state index contributed by atoms with van der Waals surface area (Å²) >= 11 is 0. The van der Waals surface area contributed by atoms with Gasteiger partial charge in [-0.3, -0.25) is 9.59 Å². The van der Waals surface area contributed by atoms with Gasteiger partial charge in [-0.2, -0.15) is 0 Å². The van der Waals surface area contributed by atoms with E-state index in [-0.39, 0.29) is 35.0 Å². The molecule has 1 unspecified atom stereocenters. The molecule has 0 saturated carbocycles. The first-order valence-corrected chi connectivity index (χ1v) is 18.8. The van der Waals surface area contributed by atoms with Crippen LogP contribution in [-0.2, 0) is 24.8 Å². The Balaban J connectivity index is 1.79. The number of nitrogens with zero attached hydrogens (tertiary/aromatic N) is 2. The zero-order valence-electron chi connectivity index (χ0n) is 25.8. The molecule has 0 bridgehead atoms. The second-order valence-corrected chi connectivity index (χ2v) is 15.7. The van der Waals surface area contributed by atoms with Crippen molar-refractivity contribution < 1.29 is 23.1 Å². The molecular formula is C31H44N4O5S3. The van der Waals surface area contributed by atoms with Crippen molar-refractivity contribution in [2.45, 2.75) is 51.0 Å². The lowest BCUT2D eigenvalue weighted by Crippen LogP contribution is -2.45. The van der Waals surface area contributed by atoms with Crippen LogP contribution < -0.4 is 20.4 Å². The third kappa shape index (κ3) is 9.09. The number of anilines is 2. The Morgan fingerprint density at radius 2 is 1.70 bits per heavy atom. The molecule has 0 fully saturated rings. The van der Waals surface area contributed by atoms with Gasteiger partial charge in [0, 0.05) is 79.3 Å². The summed E-state index contributed by atoms with van der Waals surface area (Å²) in [6.07, 6.45) is 5.05. The zero-order valence-corrected chi connectivity index (χ0v) is 28.3. The van der Waals surface area contributed by atoms with Crippen molar-refractivity contribution in [3.05, 3.63) is 53.6 Å². The lowest BCUT2D eigenvalue weighted by molar-refractivity contribution is -0.120. The molecule has 3 N–H and O–H groups in total. The average molecular weight is 649 g/mol. The van der Waals surface area contributed by atoms with E-state index in [4.69, 9.17) is 0 Å². The summed E-state index contributed by atoms with van der Waals surface area (Å²) in [4.78, 5) is 28.5. The van der Waals surface area contributed by atoms with Crippen molar-refractivity contribution in [2.24, 2.45) is 0 Å². The molecular weight excluding hydrogens is 605 g/mol. The van der Waals surface area contributed by atoms with Crippen LogP contribution in [0.15, 0.2) is 47.4 Å². The lowest BCUT2D eigenvalue weighted by atomic mass is 9.80. The number of rotatable bonds is 15. The monoisotopic (exact) mass is 648 g/mol. The number of carbonyl (C=O) groups is 2. The highest BCUT2D eigenvalue weighted by molar-refractivity contribution is 8.76. The summed E-state index contributed by atoms with van der Waals surface area (Å²) < 4.78 is 24.7. The van der Waals surface area contributed by atoms with Crippen LogP contribution in [0.1, 0.15) is 45.7 Å². The number of fused-ring (bicyclic) bond motifs is 1. The van der Waals surface area contributed by atoms with Gasteiger partial charge in [-0.1, -0.05) is 47.6 Å². The van der Waals surface area contributed by atoms with Crippen LogP contribution in [0.25, 0.3) is 6.08 Å². The molecule has 2 amide bonds. The summed E-state index contributed by atoms with van der Waals surface area (Å²) in [7, 11) is -0.134. The van der Waals surface area contributed by atoms with E-state index in [1.165, 1.54) is 13.2 Å². The summed E-state index contributed by atoms with van der Waals surface area (Å²) in [5, 5.41) is 16.6. The molecule has 43 heavy (non-hydrogen) atoms. The molecule has 3 rings (SSSR count). The SMILES string of the molecule is CCN(CC)c1ccc(/C=C/C2N(CC(=O)NCCSSCCNC(C)=O)c3ccc(S(C)(=O)=O)cc3C2(C)C)c(O)c1. The molecule has 236 valence electrons. The summed E-state index contributed by atoms with van der Waals surface area (Å²) in [5.41, 5.74) is 2.75. The molecule has 12 heteroatoms. The largest absolute Gasteiger partial charge is 0.507 e. The Labute approximate surface area is 264 Å². The van der Waals surface area contributed by atoms with Crippen molar-refractivity contribution in [1.82, 2.24) is 10.6 Å². The van der Waals surface area contributed by atoms with E-state index in [9.17, 15) is 23.1 Å². The lowest BCUT2D eigenvalue weighted by Gasteiger charge is -2.32. The Morgan fingerprint density at radius 1 is 1.05 bits per heavy atom. The molecule has 0 radical (unpaired) electrons. The zero-order chi connectivity index (χ0) is 31.8. The van der Waals surface area contributed by atoms with Crippen LogP contribution in [0.4, 0.5) is 11.4 Å². The van der Waals surface area contributed by atoms with Crippen LogP contribution in [-0.4, -0.2) is 81.9 Å². The van der Waals surface area contributed by atoms with Gasteiger partial charge in [0.15, 0.2) is 9.84 Å². The second kappa shape index (κ2) is 15.3. The molecule has 0 saturated heterocycles. The van der Waals surface area contributed by atoms with Crippen molar-refractivity contribution in [1.29, 1.82) is 0 Å². The topological polar surface area (TPSA) is 119 Å². The first-order valence-electron chi connectivity index (χ1n) is 14.4. The predicted molar refractivity (Wildman–Crippen MR) is 181 cm³/mol. The minimum Gasteiger partial charge on any atom is -0.507 e. The van der Waals surface area contributed by atoms with Crippen LogP contribution in [0.3, 0.4) is 0 Å². The van der Waals surface area contributed by atoms with E-state index in [1.807, 2.05) is 43.0 Å². The van der Waals surface area contributed by atoms with E-state index < -0.39 is 15.3 Å². The molecule has 9 nitrogen and oxygen atoms in total. The summed E-state index contributed by atoms with van der Waals surface area (Å²) in [5.74, 6) is 1.50. The third-order valence-corrected chi connectivity index (χ3v) is 11.1. The molecule has 0 aromatic heterocycles. The maximum absolute atomic E-state index is 13.1. The Kier molecular flexibility index (Phi) is 12.3. The summed E-state index contributed by atoms with van der Waals surface area (Å²) in [6, 6.07) is 10.5. The number of hydrogen-bond donors (Lipinski definition) is 3.